The van der Waals surface area contributed by atoms with Gasteiger partial charge < -0.3 is 19.1 Å². The summed E-state index contributed by atoms with van der Waals surface area (Å²) in [7, 11) is -2.24. The third-order valence-electron chi connectivity index (χ3n) is 4.18. The molecule has 0 bridgehead atoms. The number of ether oxygens (including phenoxy) is 3. The second-order valence-corrected chi connectivity index (χ2v) is 7.77. The lowest BCUT2D eigenvalue weighted by Crippen LogP contribution is -2.42. The number of hydrogen-bond donors (Lipinski definition) is 1. The van der Waals surface area contributed by atoms with E-state index in [0.717, 1.165) is 0 Å². The zero-order valence-electron chi connectivity index (χ0n) is 15.5. The molecule has 1 saturated heterocycles. The van der Waals surface area contributed by atoms with Crippen LogP contribution < -0.4 is 14.2 Å². The molecule has 1 heterocycles. The van der Waals surface area contributed by atoms with Gasteiger partial charge in [0.2, 0.25) is 0 Å². The first-order valence-electron chi connectivity index (χ1n) is 8.73. The lowest BCUT2D eigenvalue weighted by atomic mass is 10.3. The molecule has 9 heteroatoms. The Labute approximate surface area is 164 Å². The van der Waals surface area contributed by atoms with Crippen molar-refractivity contribution in [3.05, 3.63) is 48.5 Å². The van der Waals surface area contributed by atoms with Crippen LogP contribution in [0.3, 0.4) is 0 Å². The standard InChI is InChI=1S/C19H22N2O6S/c1-25-17-4-2-3-15(13-17)20-28(23,24)18-7-5-16(6-8-18)27-14-19(22)21-9-11-26-12-10-21/h2-8,13,20H,9-12,14H2,1H3. The Kier molecular flexibility index (Phi) is 6.37. The van der Waals surface area contributed by atoms with E-state index in [-0.39, 0.29) is 17.4 Å². The van der Waals surface area contributed by atoms with Crippen molar-refractivity contribution in [3.63, 3.8) is 0 Å². The van der Waals surface area contributed by atoms with E-state index in [1.807, 2.05) is 0 Å². The summed E-state index contributed by atoms with van der Waals surface area (Å²) in [6.07, 6.45) is 0. The molecular weight excluding hydrogens is 384 g/mol. The molecule has 150 valence electrons. The van der Waals surface area contributed by atoms with Crippen molar-refractivity contribution in [2.75, 3.05) is 44.7 Å². The zero-order valence-corrected chi connectivity index (χ0v) is 16.3. The minimum atomic E-state index is -3.75. The Bertz CT molecular complexity index is 908. The first-order valence-corrected chi connectivity index (χ1v) is 10.2. The van der Waals surface area contributed by atoms with Crippen molar-refractivity contribution in [2.24, 2.45) is 0 Å². The summed E-state index contributed by atoms with van der Waals surface area (Å²) < 4.78 is 43.3. The van der Waals surface area contributed by atoms with Gasteiger partial charge in [-0.25, -0.2) is 8.42 Å². The van der Waals surface area contributed by atoms with Crippen molar-refractivity contribution in [3.8, 4) is 11.5 Å². The molecule has 28 heavy (non-hydrogen) atoms. The topological polar surface area (TPSA) is 94.2 Å². The van der Waals surface area contributed by atoms with Gasteiger partial charge in [-0.05, 0) is 36.4 Å². The van der Waals surface area contributed by atoms with Crippen LogP contribution in [0.15, 0.2) is 53.4 Å². The van der Waals surface area contributed by atoms with Crippen LogP contribution in [0.2, 0.25) is 0 Å². The summed E-state index contributed by atoms with van der Waals surface area (Å²) in [5, 5.41) is 0. The largest absolute Gasteiger partial charge is 0.497 e. The van der Waals surface area contributed by atoms with E-state index >= 15 is 0 Å². The van der Waals surface area contributed by atoms with E-state index in [0.29, 0.717) is 43.5 Å². The summed E-state index contributed by atoms with van der Waals surface area (Å²) in [4.78, 5) is 13.8. The second-order valence-electron chi connectivity index (χ2n) is 6.09. The molecule has 0 saturated carbocycles. The number of morpholine rings is 1. The quantitative estimate of drug-likeness (QED) is 0.753. The molecule has 1 aliphatic rings. The van der Waals surface area contributed by atoms with Crippen LogP contribution in [0.4, 0.5) is 5.69 Å². The molecule has 1 fully saturated rings. The first kappa shape index (κ1) is 20.0. The van der Waals surface area contributed by atoms with E-state index < -0.39 is 10.0 Å². The van der Waals surface area contributed by atoms with Crippen LogP contribution in [-0.2, 0) is 19.6 Å². The Morgan fingerprint density at radius 1 is 1.11 bits per heavy atom. The monoisotopic (exact) mass is 406 g/mol. The maximum Gasteiger partial charge on any atom is 0.261 e. The van der Waals surface area contributed by atoms with Crippen LogP contribution in [0.25, 0.3) is 0 Å². The molecule has 0 radical (unpaired) electrons. The molecule has 2 aromatic carbocycles. The highest BCUT2D eigenvalue weighted by Gasteiger charge is 2.18. The number of methoxy groups -OCH3 is 1. The summed E-state index contributed by atoms with van der Waals surface area (Å²) in [6, 6.07) is 12.5. The van der Waals surface area contributed by atoms with Crippen molar-refractivity contribution >= 4 is 21.6 Å². The second kappa shape index (κ2) is 8.94. The van der Waals surface area contributed by atoms with Crippen molar-refractivity contribution in [1.82, 2.24) is 4.90 Å². The van der Waals surface area contributed by atoms with Gasteiger partial charge in [0.25, 0.3) is 15.9 Å². The van der Waals surface area contributed by atoms with Crippen molar-refractivity contribution < 1.29 is 27.4 Å². The van der Waals surface area contributed by atoms with E-state index in [9.17, 15) is 13.2 Å². The lowest BCUT2D eigenvalue weighted by Gasteiger charge is -2.26. The Hall–Kier alpha value is -2.78. The van der Waals surface area contributed by atoms with E-state index in [2.05, 4.69) is 4.72 Å². The van der Waals surface area contributed by atoms with Crippen LogP contribution >= 0.6 is 0 Å². The number of nitrogens with one attached hydrogen (secondary N) is 1. The molecule has 0 spiro atoms. The number of hydrogen-bond acceptors (Lipinski definition) is 6. The fourth-order valence-electron chi connectivity index (χ4n) is 2.66. The van der Waals surface area contributed by atoms with Gasteiger partial charge in [-0.15, -0.1) is 0 Å². The van der Waals surface area contributed by atoms with Crippen LogP contribution in [0.1, 0.15) is 0 Å². The van der Waals surface area contributed by atoms with Crippen LogP contribution in [0.5, 0.6) is 11.5 Å². The third kappa shape index (κ3) is 5.14. The van der Waals surface area contributed by atoms with Gasteiger partial charge in [0, 0.05) is 19.2 Å². The average molecular weight is 406 g/mol. The number of carbonyl (C=O) groups excluding carboxylic acids is 1. The maximum atomic E-state index is 12.5. The highest BCUT2D eigenvalue weighted by atomic mass is 32.2. The predicted octanol–water partition coefficient (Wildman–Crippen LogP) is 1.73. The predicted molar refractivity (Wildman–Crippen MR) is 103 cm³/mol. The molecule has 0 aromatic heterocycles. The Balaban J connectivity index is 1.60. The third-order valence-corrected chi connectivity index (χ3v) is 5.58. The number of rotatable bonds is 7. The Morgan fingerprint density at radius 2 is 1.82 bits per heavy atom. The van der Waals surface area contributed by atoms with Gasteiger partial charge in [-0.1, -0.05) is 6.07 Å². The fourth-order valence-corrected chi connectivity index (χ4v) is 3.71. The zero-order chi connectivity index (χ0) is 20.0. The number of sulfonamides is 1. The molecule has 0 aliphatic carbocycles. The highest BCUT2D eigenvalue weighted by Crippen LogP contribution is 2.22. The number of anilines is 1. The molecule has 1 aliphatic heterocycles. The fraction of sp³-hybridized carbons (Fsp3) is 0.316. The smallest absolute Gasteiger partial charge is 0.261 e. The molecular formula is C19H22N2O6S. The molecule has 1 amide bonds. The Morgan fingerprint density at radius 3 is 2.50 bits per heavy atom. The lowest BCUT2D eigenvalue weighted by molar-refractivity contribution is -0.137. The maximum absolute atomic E-state index is 12.5. The van der Waals surface area contributed by atoms with Crippen molar-refractivity contribution in [1.29, 1.82) is 0 Å². The van der Waals surface area contributed by atoms with Crippen molar-refractivity contribution in [2.45, 2.75) is 4.90 Å². The van der Waals surface area contributed by atoms with Gasteiger partial charge in [0.1, 0.15) is 11.5 Å². The molecule has 2 aromatic rings. The molecule has 0 atom stereocenters. The summed E-state index contributed by atoms with van der Waals surface area (Å²) in [6.45, 7) is 2.05. The summed E-state index contributed by atoms with van der Waals surface area (Å²) in [5.41, 5.74) is 0.399. The van der Waals surface area contributed by atoms with E-state index in [4.69, 9.17) is 14.2 Å². The summed E-state index contributed by atoms with van der Waals surface area (Å²) >= 11 is 0. The first-order chi connectivity index (χ1) is 13.5. The number of nitrogens with zero attached hydrogens (tertiary/aromatic N) is 1. The molecule has 0 unspecified atom stereocenters. The van der Waals surface area contributed by atoms with Gasteiger partial charge >= 0.3 is 0 Å². The molecule has 3 rings (SSSR count). The minimum absolute atomic E-state index is 0.0853. The molecule has 1 N–H and O–H groups in total. The summed E-state index contributed by atoms with van der Waals surface area (Å²) in [5.74, 6) is 0.843. The number of benzene rings is 2. The highest BCUT2D eigenvalue weighted by molar-refractivity contribution is 7.92. The normalized spacial score (nSPS) is 14.4. The van der Waals surface area contributed by atoms with Crippen LogP contribution in [-0.4, -0.2) is 59.2 Å². The van der Waals surface area contributed by atoms with Gasteiger partial charge in [0.05, 0.1) is 30.9 Å². The SMILES string of the molecule is COc1cccc(NS(=O)(=O)c2ccc(OCC(=O)N3CCOCC3)cc2)c1. The van der Waals surface area contributed by atoms with Crippen LogP contribution in [0, 0.1) is 0 Å². The van der Waals surface area contributed by atoms with Gasteiger partial charge in [-0.2, -0.15) is 0 Å². The van der Waals surface area contributed by atoms with Gasteiger partial charge in [-0.3, -0.25) is 9.52 Å². The van der Waals surface area contributed by atoms with E-state index in [1.54, 1.807) is 29.2 Å². The number of carbonyl (C=O) groups is 1. The minimum Gasteiger partial charge on any atom is -0.497 e. The van der Waals surface area contributed by atoms with Gasteiger partial charge in [0.15, 0.2) is 6.61 Å². The van der Waals surface area contributed by atoms with E-state index in [1.165, 1.54) is 31.4 Å². The average Bonchev–Trinajstić information content (AvgIpc) is 2.72. The number of amides is 1. The molecule has 8 nitrogen and oxygen atoms in total.